The van der Waals surface area contributed by atoms with Gasteiger partial charge in [0, 0.05) is 23.4 Å². The van der Waals surface area contributed by atoms with Crippen LogP contribution < -0.4 is 10.1 Å². The van der Waals surface area contributed by atoms with Crippen LogP contribution in [0, 0.1) is 6.92 Å². The van der Waals surface area contributed by atoms with Crippen LogP contribution in [0.3, 0.4) is 0 Å². The van der Waals surface area contributed by atoms with E-state index in [1.165, 1.54) is 6.07 Å². The molecular formula is C20H24F2N2O2. The Morgan fingerprint density at radius 3 is 2.35 bits per heavy atom. The van der Waals surface area contributed by atoms with Crippen LogP contribution in [0.2, 0.25) is 0 Å². The maximum absolute atomic E-state index is 12.4. The first-order chi connectivity index (χ1) is 12.4. The summed E-state index contributed by atoms with van der Waals surface area (Å²) in [4.78, 5) is 14.7. The number of hydrogen-bond acceptors (Lipinski definition) is 3. The SMILES string of the molecule is CCN(CC)Cc1ccc(C(=O)Nc2cccc(OC(F)F)c2C)cc1. The van der Waals surface area contributed by atoms with E-state index in [0.29, 0.717) is 16.8 Å². The number of anilines is 1. The summed E-state index contributed by atoms with van der Waals surface area (Å²) in [6.45, 7) is 5.71. The standard InChI is InChI=1S/C20H24F2N2O2/c1-4-24(5-2)13-15-9-11-16(12-10-15)19(25)23-17-7-6-8-18(14(17)3)26-20(21)22/h6-12,20H,4-5,13H2,1-3H3,(H,23,25). The highest BCUT2D eigenvalue weighted by molar-refractivity contribution is 6.04. The first-order valence-electron chi connectivity index (χ1n) is 8.61. The Hall–Kier alpha value is -2.47. The molecule has 2 aromatic carbocycles. The quantitative estimate of drug-likeness (QED) is 0.741. The number of nitrogens with zero attached hydrogens (tertiary/aromatic N) is 1. The number of carbonyl (C=O) groups is 1. The van der Waals surface area contributed by atoms with E-state index in [-0.39, 0.29) is 11.7 Å². The number of rotatable bonds is 8. The fourth-order valence-electron chi connectivity index (χ4n) is 2.63. The van der Waals surface area contributed by atoms with E-state index in [4.69, 9.17) is 0 Å². The molecule has 0 saturated heterocycles. The van der Waals surface area contributed by atoms with Crippen molar-refractivity contribution >= 4 is 11.6 Å². The molecule has 0 unspecified atom stereocenters. The van der Waals surface area contributed by atoms with Gasteiger partial charge >= 0.3 is 6.61 Å². The molecule has 0 bridgehead atoms. The fraction of sp³-hybridized carbons (Fsp3) is 0.350. The lowest BCUT2D eigenvalue weighted by atomic mass is 10.1. The van der Waals surface area contributed by atoms with Crippen LogP contribution in [0.15, 0.2) is 42.5 Å². The van der Waals surface area contributed by atoms with Crippen molar-refractivity contribution in [3.05, 3.63) is 59.2 Å². The van der Waals surface area contributed by atoms with Crippen molar-refractivity contribution in [1.29, 1.82) is 0 Å². The van der Waals surface area contributed by atoms with Gasteiger partial charge in [-0.15, -0.1) is 0 Å². The average molecular weight is 362 g/mol. The van der Waals surface area contributed by atoms with E-state index in [1.54, 1.807) is 31.2 Å². The molecule has 0 radical (unpaired) electrons. The number of halogens is 2. The Balaban J connectivity index is 2.08. The highest BCUT2D eigenvalue weighted by Crippen LogP contribution is 2.27. The number of amides is 1. The second-order valence-corrected chi connectivity index (χ2v) is 5.92. The Labute approximate surface area is 152 Å². The molecule has 0 aliphatic heterocycles. The highest BCUT2D eigenvalue weighted by atomic mass is 19.3. The van der Waals surface area contributed by atoms with E-state index in [2.05, 4.69) is 28.8 Å². The van der Waals surface area contributed by atoms with Gasteiger partial charge in [-0.2, -0.15) is 8.78 Å². The van der Waals surface area contributed by atoms with Crippen molar-refractivity contribution in [3.8, 4) is 5.75 Å². The predicted octanol–water partition coefficient (Wildman–Crippen LogP) is 4.69. The van der Waals surface area contributed by atoms with Gasteiger partial charge in [-0.05, 0) is 49.8 Å². The summed E-state index contributed by atoms with van der Waals surface area (Å²) < 4.78 is 29.3. The highest BCUT2D eigenvalue weighted by Gasteiger charge is 2.13. The van der Waals surface area contributed by atoms with Crippen molar-refractivity contribution in [2.45, 2.75) is 33.9 Å². The monoisotopic (exact) mass is 362 g/mol. The van der Waals surface area contributed by atoms with E-state index >= 15 is 0 Å². The predicted molar refractivity (Wildman–Crippen MR) is 98.8 cm³/mol. The first kappa shape index (κ1) is 19.8. The molecule has 4 nitrogen and oxygen atoms in total. The minimum Gasteiger partial charge on any atom is -0.434 e. The molecule has 140 valence electrons. The maximum atomic E-state index is 12.4. The van der Waals surface area contributed by atoms with Crippen molar-refractivity contribution in [3.63, 3.8) is 0 Å². The second kappa shape index (κ2) is 9.29. The topological polar surface area (TPSA) is 41.6 Å². The maximum Gasteiger partial charge on any atom is 0.387 e. The van der Waals surface area contributed by atoms with Crippen molar-refractivity contribution in [2.75, 3.05) is 18.4 Å². The number of nitrogens with one attached hydrogen (secondary N) is 1. The van der Waals surface area contributed by atoms with Crippen LogP contribution in [-0.2, 0) is 6.54 Å². The lowest BCUT2D eigenvalue weighted by molar-refractivity contribution is -0.0502. The number of ether oxygens (including phenoxy) is 1. The first-order valence-corrected chi connectivity index (χ1v) is 8.61. The summed E-state index contributed by atoms with van der Waals surface area (Å²) in [7, 11) is 0. The average Bonchev–Trinajstić information content (AvgIpc) is 2.63. The van der Waals surface area contributed by atoms with Gasteiger partial charge < -0.3 is 10.1 Å². The van der Waals surface area contributed by atoms with E-state index in [1.807, 2.05) is 12.1 Å². The molecule has 0 aliphatic rings. The van der Waals surface area contributed by atoms with Crippen LogP contribution >= 0.6 is 0 Å². The molecule has 0 spiro atoms. The molecule has 0 heterocycles. The molecule has 0 aliphatic carbocycles. The molecule has 2 aromatic rings. The van der Waals surface area contributed by atoms with Gasteiger partial charge in [0.05, 0.1) is 0 Å². The molecule has 26 heavy (non-hydrogen) atoms. The molecular weight excluding hydrogens is 338 g/mol. The minimum atomic E-state index is -2.90. The molecule has 6 heteroatoms. The molecule has 0 saturated carbocycles. The molecule has 1 amide bonds. The number of benzene rings is 2. The summed E-state index contributed by atoms with van der Waals surface area (Å²) in [5.41, 5.74) is 2.54. The number of carbonyl (C=O) groups excluding carboxylic acids is 1. The Morgan fingerprint density at radius 1 is 1.12 bits per heavy atom. The summed E-state index contributed by atoms with van der Waals surface area (Å²) in [5.74, 6) is -0.246. The van der Waals surface area contributed by atoms with Crippen LogP contribution in [0.1, 0.15) is 35.3 Å². The molecule has 1 N–H and O–H groups in total. The number of alkyl halides is 2. The molecule has 0 atom stereocenters. The summed E-state index contributed by atoms with van der Waals surface area (Å²) in [6.07, 6.45) is 0. The van der Waals surface area contributed by atoms with E-state index in [0.717, 1.165) is 25.2 Å². The fourth-order valence-corrected chi connectivity index (χ4v) is 2.63. The molecule has 2 rings (SSSR count). The smallest absolute Gasteiger partial charge is 0.387 e. The third kappa shape index (κ3) is 5.26. The zero-order chi connectivity index (χ0) is 19.1. The van der Waals surface area contributed by atoms with Crippen LogP contribution in [0.4, 0.5) is 14.5 Å². The Morgan fingerprint density at radius 2 is 1.77 bits per heavy atom. The van der Waals surface area contributed by atoms with E-state index < -0.39 is 6.61 Å². The van der Waals surface area contributed by atoms with Gasteiger partial charge in [0.1, 0.15) is 5.75 Å². The summed E-state index contributed by atoms with van der Waals surface area (Å²) in [5, 5.41) is 2.75. The Kier molecular flexibility index (Phi) is 7.09. The van der Waals surface area contributed by atoms with Gasteiger partial charge in [-0.1, -0.05) is 32.0 Å². The van der Waals surface area contributed by atoms with Crippen molar-refractivity contribution in [1.82, 2.24) is 4.90 Å². The zero-order valence-electron chi connectivity index (χ0n) is 15.3. The molecule has 0 fully saturated rings. The van der Waals surface area contributed by atoms with Gasteiger partial charge in [0.15, 0.2) is 0 Å². The second-order valence-electron chi connectivity index (χ2n) is 5.92. The largest absolute Gasteiger partial charge is 0.434 e. The lowest BCUT2D eigenvalue weighted by Gasteiger charge is -2.18. The van der Waals surface area contributed by atoms with Gasteiger partial charge in [0.2, 0.25) is 0 Å². The van der Waals surface area contributed by atoms with E-state index in [9.17, 15) is 13.6 Å². The van der Waals surface area contributed by atoms with Gasteiger partial charge in [0.25, 0.3) is 5.91 Å². The van der Waals surface area contributed by atoms with Crippen molar-refractivity contribution < 1.29 is 18.3 Å². The third-order valence-electron chi connectivity index (χ3n) is 4.27. The zero-order valence-corrected chi connectivity index (χ0v) is 15.3. The van der Waals surface area contributed by atoms with Crippen LogP contribution in [0.5, 0.6) is 5.75 Å². The summed E-state index contributed by atoms with van der Waals surface area (Å²) >= 11 is 0. The minimum absolute atomic E-state index is 0.0485. The molecule has 0 aromatic heterocycles. The Bertz CT molecular complexity index is 729. The summed E-state index contributed by atoms with van der Waals surface area (Å²) in [6, 6.07) is 12.0. The lowest BCUT2D eigenvalue weighted by Crippen LogP contribution is -2.22. The normalized spacial score (nSPS) is 11.0. The van der Waals surface area contributed by atoms with Gasteiger partial charge in [-0.25, -0.2) is 0 Å². The van der Waals surface area contributed by atoms with Crippen LogP contribution in [0.25, 0.3) is 0 Å². The number of hydrogen-bond donors (Lipinski definition) is 1. The van der Waals surface area contributed by atoms with Crippen LogP contribution in [-0.4, -0.2) is 30.5 Å². The van der Waals surface area contributed by atoms with Crippen molar-refractivity contribution in [2.24, 2.45) is 0 Å². The van der Waals surface area contributed by atoms with Gasteiger partial charge in [-0.3, -0.25) is 9.69 Å². The third-order valence-corrected chi connectivity index (χ3v) is 4.27.